The van der Waals surface area contributed by atoms with Crippen LogP contribution in [-0.4, -0.2) is 58.2 Å². The summed E-state index contributed by atoms with van der Waals surface area (Å²) in [4.78, 5) is 9.10. The number of benzene rings is 3. The van der Waals surface area contributed by atoms with Gasteiger partial charge in [-0.2, -0.15) is 16.3 Å². The molecule has 3 aromatic heterocycles. The fourth-order valence-electron chi connectivity index (χ4n) is 5.17. The van der Waals surface area contributed by atoms with Crippen LogP contribution in [0.4, 0.5) is 0 Å². The van der Waals surface area contributed by atoms with Crippen LogP contribution in [0.25, 0.3) is 27.9 Å². The van der Waals surface area contributed by atoms with Gasteiger partial charge in [-0.25, -0.2) is 9.97 Å². The second-order valence-electron chi connectivity index (χ2n) is 9.91. The van der Waals surface area contributed by atoms with E-state index in [0.29, 0.717) is 27.8 Å². The largest absolute Gasteiger partial charge is 0.374 e. The number of rotatable bonds is 10. The number of aromatic nitrogens is 7. The van der Waals surface area contributed by atoms with E-state index in [-0.39, 0.29) is 0 Å². The quantitative estimate of drug-likeness (QED) is 0.220. The molecule has 0 radical (unpaired) electrons. The smallest absolute Gasteiger partial charge is 0.274 e. The zero-order valence-electron chi connectivity index (χ0n) is 22.7. The fraction of sp³-hybridized carbons (Fsp3) is 0.233. The maximum atomic E-state index is 12.6. The van der Waals surface area contributed by atoms with Crippen molar-refractivity contribution in [1.82, 2.24) is 39.9 Å². The summed E-state index contributed by atoms with van der Waals surface area (Å²) in [5.41, 5.74) is 3.93. The lowest BCUT2D eigenvalue weighted by molar-refractivity contribution is 0.117. The van der Waals surface area contributed by atoms with Crippen LogP contribution in [0.15, 0.2) is 79.3 Å². The second kappa shape index (κ2) is 11.6. The monoisotopic (exact) mass is 584 g/mol. The molecule has 0 spiro atoms. The van der Waals surface area contributed by atoms with Crippen LogP contribution in [0.5, 0.6) is 0 Å². The molecule has 0 aliphatic carbocycles. The minimum atomic E-state index is -1.50. The van der Waals surface area contributed by atoms with E-state index in [4.69, 9.17) is 16.6 Å². The molecule has 0 amide bonds. The molecule has 0 aliphatic rings. The molecule has 3 aromatic carbocycles. The Bertz CT molecular complexity index is 1820. The molecule has 0 saturated carbocycles. The molecular formula is C30H29ClN8OS. The number of hydrogen-bond acceptors (Lipinski definition) is 8. The molecule has 6 rings (SSSR count). The molecule has 41 heavy (non-hydrogen) atoms. The number of nitrogens with zero attached hydrogens (tertiary/aromatic N) is 7. The van der Waals surface area contributed by atoms with Crippen LogP contribution in [0.3, 0.4) is 0 Å². The standard InChI is InChI=1S/C30H29ClN8OS/c1-38-19-33-18-27(38)30(40,22-9-7-20(8-10-22)17-32-13-4-14-41-2)23-11-12-26-25(16-23)28(21-5-3-6-24(31)15-21)34-29-35-36-37-39(26)29/h3,5-12,15-16,18-19,32,40H,4,13-14,17H2,1-2H3. The fourth-order valence-corrected chi connectivity index (χ4v) is 5.79. The minimum Gasteiger partial charge on any atom is -0.374 e. The van der Waals surface area contributed by atoms with Gasteiger partial charge in [-0.1, -0.05) is 59.2 Å². The van der Waals surface area contributed by atoms with Crippen LogP contribution in [-0.2, 0) is 19.2 Å². The van der Waals surface area contributed by atoms with E-state index in [0.717, 1.165) is 52.9 Å². The van der Waals surface area contributed by atoms with Crippen molar-refractivity contribution in [3.05, 3.63) is 107 Å². The number of halogens is 1. The van der Waals surface area contributed by atoms with Gasteiger partial charge >= 0.3 is 0 Å². The molecule has 0 aliphatic heterocycles. The molecule has 2 N–H and O–H groups in total. The van der Waals surface area contributed by atoms with E-state index in [1.807, 2.05) is 78.0 Å². The highest BCUT2D eigenvalue weighted by atomic mass is 35.5. The third-order valence-electron chi connectivity index (χ3n) is 7.25. The van der Waals surface area contributed by atoms with Crippen LogP contribution in [0.1, 0.15) is 28.8 Å². The molecule has 3 heterocycles. The van der Waals surface area contributed by atoms with Gasteiger partial charge in [0.1, 0.15) is 0 Å². The minimum absolute atomic E-state index is 0.375. The van der Waals surface area contributed by atoms with Crippen molar-refractivity contribution in [3.8, 4) is 11.3 Å². The number of fused-ring (bicyclic) bond motifs is 3. The normalized spacial score (nSPS) is 13.2. The van der Waals surface area contributed by atoms with Gasteiger partial charge < -0.3 is 15.0 Å². The first-order valence-electron chi connectivity index (χ1n) is 13.3. The maximum absolute atomic E-state index is 12.6. The van der Waals surface area contributed by atoms with Crippen molar-refractivity contribution < 1.29 is 5.11 Å². The first kappa shape index (κ1) is 27.3. The first-order valence-corrected chi connectivity index (χ1v) is 15.0. The van der Waals surface area contributed by atoms with Crippen molar-refractivity contribution in [2.75, 3.05) is 18.6 Å². The van der Waals surface area contributed by atoms with Gasteiger partial charge in [-0.05, 0) is 76.4 Å². The third-order valence-corrected chi connectivity index (χ3v) is 8.18. The van der Waals surface area contributed by atoms with Crippen molar-refractivity contribution in [3.63, 3.8) is 0 Å². The Hall–Kier alpha value is -3.83. The Morgan fingerprint density at radius 3 is 2.63 bits per heavy atom. The Labute approximate surface area is 246 Å². The Kier molecular flexibility index (Phi) is 7.72. The predicted molar refractivity (Wildman–Crippen MR) is 163 cm³/mol. The van der Waals surface area contributed by atoms with Gasteiger partial charge in [-0.15, -0.1) is 0 Å². The average Bonchev–Trinajstić information content (AvgIpc) is 3.65. The topological polar surface area (TPSA) is 106 Å². The number of tetrazole rings is 1. The van der Waals surface area contributed by atoms with Gasteiger partial charge in [0.25, 0.3) is 5.78 Å². The van der Waals surface area contributed by atoms with E-state index < -0.39 is 5.60 Å². The summed E-state index contributed by atoms with van der Waals surface area (Å²) in [6.45, 7) is 1.74. The van der Waals surface area contributed by atoms with E-state index in [9.17, 15) is 5.11 Å². The average molecular weight is 585 g/mol. The lowest BCUT2D eigenvalue weighted by atomic mass is 9.82. The Morgan fingerprint density at radius 1 is 1.05 bits per heavy atom. The number of imidazole rings is 1. The van der Waals surface area contributed by atoms with Gasteiger partial charge in [0.15, 0.2) is 5.60 Å². The summed E-state index contributed by atoms with van der Waals surface area (Å²) >= 11 is 8.21. The van der Waals surface area contributed by atoms with E-state index in [1.54, 1.807) is 17.0 Å². The van der Waals surface area contributed by atoms with Gasteiger partial charge in [0.05, 0.1) is 29.4 Å². The number of aliphatic hydroxyl groups is 1. The maximum Gasteiger partial charge on any atom is 0.274 e. The summed E-state index contributed by atoms with van der Waals surface area (Å²) in [6.07, 6.45) is 6.65. The first-order chi connectivity index (χ1) is 20.0. The molecule has 9 nitrogen and oxygen atoms in total. The highest BCUT2D eigenvalue weighted by Gasteiger charge is 2.37. The molecular weight excluding hydrogens is 556 g/mol. The lowest BCUT2D eigenvalue weighted by Crippen LogP contribution is -2.31. The molecule has 0 bridgehead atoms. The third kappa shape index (κ3) is 5.19. The van der Waals surface area contributed by atoms with Crippen LogP contribution in [0.2, 0.25) is 5.02 Å². The van der Waals surface area contributed by atoms with E-state index in [2.05, 4.69) is 44.2 Å². The summed E-state index contributed by atoms with van der Waals surface area (Å²) in [6, 6.07) is 21.4. The molecule has 208 valence electrons. The molecule has 0 saturated heterocycles. The number of hydrogen-bond donors (Lipinski definition) is 2. The summed E-state index contributed by atoms with van der Waals surface area (Å²) in [7, 11) is 1.88. The van der Waals surface area contributed by atoms with E-state index in [1.165, 1.54) is 0 Å². The Morgan fingerprint density at radius 2 is 1.88 bits per heavy atom. The van der Waals surface area contributed by atoms with Crippen molar-refractivity contribution >= 4 is 40.0 Å². The number of nitrogens with one attached hydrogen (secondary N) is 1. The van der Waals surface area contributed by atoms with Crippen molar-refractivity contribution in [2.45, 2.75) is 18.6 Å². The van der Waals surface area contributed by atoms with Crippen molar-refractivity contribution in [1.29, 1.82) is 0 Å². The van der Waals surface area contributed by atoms with Crippen LogP contribution in [0, 0.1) is 0 Å². The summed E-state index contributed by atoms with van der Waals surface area (Å²) in [5, 5.41) is 29.6. The number of aryl methyl sites for hydroxylation is 1. The molecule has 1 atom stereocenters. The van der Waals surface area contributed by atoms with Crippen molar-refractivity contribution in [2.24, 2.45) is 7.05 Å². The van der Waals surface area contributed by atoms with Gasteiger partial charge in [-0.3, -0.25) is 0 Å². The van der Waals surface area contributed by atoms with Crippen LogP contribution >= 0.6 is 23.4 Å². The zero-order valence-corrected chi connectivity index (χ0v) is 24.3. The zero-order chi connectivity index (χ0) is 28.4. The van der Waals surface area contributed by atoms with E-state index >= 15 is 0 Å². The highest BCUT2D eigenvalue weighted by Crippen LogP contribution is 2.39. The molecule has 0 fully saturated rings. The second-order valence-corrected chi connectivity index (χ2v) is 11.3. The summed E-state index contributed by atoms with van der Waals surface area (Å²) < 4.78 is 3.43. The molecule has 1 unspecified atom stereocenters. The highest BCUT2D eigenvalue weighted by molar-refractivity contribution is 7.98. The number of thioether (sulfide) groups is 1. The SMILES string of the molecule is CSCCCNCc1ccc(C(O)(c2ccc3c(c2)c(-c2cccc(Cl)c2)nc2nnnn23)c2cncn2C)cc1. The van der Waals surface area contributed by atoms with Crippen LogP contribution < -0.4 is 5.32 Å². The Balaban J connectivity index is 1.48. The predicted octanol–water partition coefficient (Wildman–Crippen LogP) is 4.85. The van der Waals surface area contributed by atoms with Gasteiger partial charge in [0.2, 0.25) is 0 Å². The molecule has 6 aromatic rings. The van der Waals surface area contributed by atoms with Gasteiger partial charge in [0, 0.05) is 29.6 Å². The lowest BCUT2D eigenvalue weighted by Gasteiger charge is -2.30. The summed E-state index contributed by atoms with van der Waals surface area (Å²) in [5.74, 6) is 1.52. The molecule has 11 heteroatoms.